The molecule has 2 aromatic heterocycles. The Labute approximate surface area is 194 Å². The zero-order chi connectivity index (χ0) is 22.8. The summed E-state index contributed by atoms with van der Waals surface area (Å²) in [7, 11) is 1.41. The number of carbonyl (C=O) groups is 1. The molecule has 1 aliphatic heterocycles. The molecule has 0 unspecified atom stereocenters. The highest BCUT2D eigenvalue weighted by atomic mass is 32.1. The predicted molar refractivity (Wildman–Crippen MR) is 129 cm³/mol. The van der Waals surface area contributed by atoms with Gasteiger partial charge in [0.15, 0.2) is 5.11 Å². The first-order valence-electron chi connectivity index (χ1n) is 10.7. The molecule has 1 aliphatic rings. The quantitative estimate of drug-likeness (QED) is 0.447. The molecule has 1 aromatic carbocycles. The monoisotopic (exact) mass is 448 g/mol. The minimum atomic E-state index is -0.252. The number of hydrogen-bond acceptors (Lipinski definition) is 4. The van der Waals surface area contributed by atoms with E-state index in [1.165, 1.54) is 12.7 Å². The van der Waals surface area contributed by atoms with Crippen LogP contribution in [0.5, 0.6) is 0 Å². The number of aromatic nitrogens is 2. The highest BCUT2D eigenvalue weighted by molar-refractivity contribution is 7.80. The van der Waals surface area contributed by atoms with Crippen LogP contribution in [-0.2, 0) is 9.53 Å². The Morgan fingerprint density at radius 3 is 2.66 bits per heavy atom. The molecule has 166 valence electrons. The van der Waals surface area contributed by atoms with Crippen molar-refractivity contribution >= 4 is 23.3 Å². The van der Waals surface area contributed by atoms with Gasteiger partial charge in [-0.25, -0.2) is 0 Å². The van der Waals surface area contributed by atoms with Crippen LogP contribution in [0, 0.1) is 20.8 Å². The first-order chi connectivity index (χ1) is 15.4. The Kier molecular flexibility index (Phi) is 6.28. The van der Waals surface area contributed by atoms with E-state index in [0.29, 0.717) is 11.7 Å². The number of rotatable bonds is 6. The van der Waals surface area contributed by atoms with Gasteiger partial charge in [-0.15, -0.1) is 0 Å². The summed E-state index contributed by atoms with van der Waals surface area (Å²) in [5.41, 5.74) is 6.72. The fourth-order valence-electron chi connectivity index (χ4n) is 4.55. The Balaban J connectivity index is 1.80. The molecule has 0 saturated carbocycles. The second-order valence-corrected chi connectivity index (χ2v) is 8.53. The maximum atomic E-state index is 11.9. The van der Waals surface area contributed by atoms with Gasteiger partial charge in [0.25, 0.3) is 0 Å². The fraction of sp³-hybridized carbons (Fsp3) is 0.320. The van der Waals surface area contributed by atoms with Crippen molar-refractivity contribution in [2.75, 3.05) is 13.7 Å². The lowest BCUT2D eigenvalue weighted by molar-refractivity contribution is -0.140. The molecule has 0 spiro atoms. The van der Waals surface area contributed by atoms with Gasteiger partial charge in [0.05, 0.1) is 31.3 Å². The van der Waals surface area contributed by atoms with Crippen LogP contribution in [0.3, 0.4) is 0 Å². The van der Waals surface area contributed by atoms with Crippen LogP contribution in [0.25, 0.3) is 5.69 Å². The Hall–Kier alpha value is -3.19. The van der Waals surface area contributed by atoms with Gasteiger partial charge < -0.3 is 19.5 Å². The van der Waals surface area contributed by atoms with Crippen molar-refractivity contribution in [2.45, 2.75) is 39.3 Å². The maximum Gasteiger partial charge on any atom is 0.307 e. The summed E-state index contributed by atoms with van der Waals surface area (Å²) in [6, 6.07) is 16.4. The second-order valence-electron chi connectivity index (χ2n) is 8.15. The van der Waals surface area contributed by atoms with E-state index in [4.69, 9.17) is 17.0 Å². The molecule has 3 aromatic rings. The number of nitrogens with zero attached hydrogens (tertiary/aromatic N) is 3. The van der Waals surface area contributed by atoms with Crippen molar-refractivity contribution in [2.24, 2.45) is 0 Å². The van der Waals surface area contributed by atoms with Gasteiger partial charge in [-0.3, -0.25) is 9.78 Å². The third-order valence-corrected chi connectivity index (χ3v) is 6.38. The van der Waals surface area contributed by atoms with E-state index in [1.807, 2.05) is 18.2 Å². The Morgan fingerprint density at radius 2 is 1.97 bits per heavy atom. The number of esters is 1. The van der Waals surface area contributed by atoms with Crippen molar-refractivity contribution < 1.29 is 9.53 Å². The summed E-state index contributed by atoms with van der Waals surface area (Å²) in [5, 5.41) is 4.07. The van der Waals surface area contributed by atoms with E-state index in [2.05, 4.69) is 70.9 Å². The van der Waals surface area contributed by atoms with Gasteiger partial charge in [-0.05, 0) is 74.4 Å². The highest BCUT2D eigenvalue weighted by Crippen LogP contribution is 2.41. The lowest BCUT2D eigenvalue weighted by Crippen LogP contribution is -2.32. The number of hydrogen-bond donors (Lipinski definition) is 1. The third-order valence-electron chi connectivity index (χ3n) is 6.03. The second kappa shape index (κ2) is 9.12. The van der Waals surface area contributed by atoms with E-state index in [0.717, 1.165) is 28.3 Å². The molecule has 0 bridgehead atoms. The lowest BCUT2D eigenvalue weighted by atomic mass is 9.96. The molecular formula is C25H28N4O2S. The SMILES string of the molecule is COC(=O)CCN1C(=S)N[C@H](c2ccccn2)[C@@H]1c1cc(C)n(-c2cccc(C)c2)c1C. The largest absolute Gasteiger partial charge is 0.469 e. The van der Waals surface area contributed by atoms with E-state index < -0.39 is 0 Å². The zero-order valence-corrected chi connectivity index (χ0v) is 19.6. The summed E-state index contributed by atoms with van der Waals surface area (Å²) in [6.07, 6.45) is 2.06. The normalized spacial score (nSPS) is 18.0. The summed E-state index contributed by atoms with van der Waals surface area (Å²) < 4.78 is 7.14. The number of ether oxygens (including phenoxy) is 1. The number of nitrogens with one attached hydrogen (secondary N) is 1. The first kappa shape index (κ1) is 22.0. The van der Waals surface area contributed by atoms with Crippen molar-refractivity contribution in [3.05, 3.63) is 82.9 Å². The van der Waals surface area contributed by atoms with E-state index in [1.54, 1.807) is 6.20 Å². The summed E-state index contributed by atoms with van der Waals surface area (Å²) in [6.45, 7) is 6.83. The molecular weight excluding hydrogens is 420 g/mol. The van der Waals surface area contributed by atoms with Gasteiger partial charge in [0.2, 0.25) is 0 Å². The third kappa shape index (κ3) is 4.12. The van der Waals surface area contributed by atoms with E-state index in [-0.39, 0.29) is 24.5 Å². The van der Waals surface area contributed by atoms with Crippen LogP contribution >= 0.6 is 12.2 Å². The molecule has 32 heavy (non-hydrogen) atoms. The van der Waals surface area contributed by atoms with Crippen LogP contribution in [0.15, 0.2) is 54.7 Å². The summed E-state index contributed by atoms with van der Waals surface area (Å²) in [5.74, 6) is -0.252. The number of thiocarbonyl (C=S) groups is 1. The number of benzene rings is 1. The fourth-order valence-corrected chi connectivity index (χ4v) is 4.88. The van der Waals surface area contributed by atoms with Crippen molar-refractivity contribution in [3.63, 3.8) is 0 Å². The van der Waals surface area contributed by atoms with Crippen molar-refractivity contribution in [1.29, 1.82) is 0 Å². The zero-order valence-electron chi connectivity index (χ0n) is 18.8. The van der Waals surface area contributed by atoms with Gasteiger partial charge in [-0.2, -0.15) is 0 Å². The molecule has 6 nitrogen and oxygen atoms in total. The number of carbonyl (C=O) groups excluding carboxylic acids is 1. The number of aryl methyl sites for hydroxylation is 2. The molecule has 7 heteroatoms. The van der Waals surface area contributed by atoms with Gasteiger partial charge in [-0.1, -0.05) is 18.2 Å². The van der Waals surface area contributed by atoms with Crippen LogP contribution in [0.2, 0.25) is 0 Å². The molecule has 0 amide bonds. The molecule has 1 saturated heterocycles. The molecule has 2 atom stereocenters. The van der Waals surface area contributed by atoms with Crippen molar-refractivity contribution in [3.8, 4) is 5.69 Å². The molecule has 1 N–H and O–H groups in total. The first-order valence-corrected chi connectivity index (χ1v) is 11.1. The molecule has 1 fully saturated rings. The molecule has 4 rings (SSSR count). The lowest BCUT2D eigenvalue weighted by Gasteiger charge is -2.28. The van der Waals surface area contributed by atoms with Gasteiger partial charge in [0.1, 0.15) is 0 Å². The highest BCUT2D eigenvalue weighted by Gasteiger charge is 2.41. The maximum absolute atomic E-state index is 11.9. The Morgan fingerprint density at radius 1 is 1.16 bits per heavy atom. The van der Waals surface area contributed by atoms with Gasteiger partial charge >= 0.3 is 5.97 Å². The summed E-state index contributed by atoms with van der Waals surface area (Å²) >= 11 is 5.70. The molecule has 0 aliphatic carbocycles. The topological polar surface area (TPSA) is 59.4 Å². The minimum absolute atomic E-state index is 0.0909. The van der Waals surface area contributed by atoms with Crippen LogP contribution in [0.1, 0.15) is 46.7 Å². The van der Waals surface area contributed by atoms with Gasteiger partial charge in [0, 0.05) is 29.8 Å². The molecule has 3 heterocycles. The Bertz CT molecular complexity index is 1140. The van der Waals surface area contributed by atoms with E-state index >= 15 is 0 Å². The average Bonchev–Trinajstić information content (AvgIpc) is 3.27. The number of pyridine rings is 1. The average molecular weight is 449 g/mol. The van der Waals surface area contributed by atoms with E-state index in [9.17, 15) is 4.79 Å². The standard InChI is InChI=1S/C25H28N4O2S/c1-16-8-7-9-19(14-16)29-17(2)15-20(18(29)3)24-23(21-10-5-6-12-26-21)27-25(32)28(24)13-11-22(30)31-4/h5-10,12,14-15,23-24H,11,13H2,1-4H3,(H,27,32)/t23-,24+/m1/s1. The van der Waals surface area contributed by atoms with Crippen LogP contribution < -0.4 is 5.32 Å². The van der Waals surface area contributed by atoms with Crippen molar-refractivity contribution in [1.82, 2.24) is 19.8 Å². The number of methoxy groups -OCH3 is 1. The minimum Gasteiger partial charge on any atom is -0.469 e. The molecule has 0 radical (unpaired) electrons. The smallest absolute Gasteiger partial charge is 0.307 e. The predicted octanol–water partition coefficient (Wildman–Crippen LogP) is 4.33. The van der Waals surface area contributed by atoms with Crippen LogP contribution in [0.4, 0.5) is 0 Å². The van der Waals surface area contributed by atoms with Crippen LogP contribution in [-0.4, -0.2) is 39.2 Å². The summed E-state index contributed by atoms with van der Waals surface area (Å²) in [4.78, 5) is 18.6.